The van der Waals surface area contributed by atoms with Gasteiger partial charge in [0.1, 0.15) is 0 Å². The largest absolute Gasteiger partial charge is 0.441 e. The van der Waals surface area contributed by atoms with E-state index in [9.17, 15) is 13.2 Å². The van der Waals surface area contributed by atoms with E-state index in [1.165, 1.54) is 5.56 Å². The average Bonchev–Trinajstić information content (AvgIpc) is 2.82. The molecule has 1 aromatic rings. The van der Waals surface area contributed by atoms with E-state index in [4.69, 9.17) is 0 Å². The molecule has 1 aliphatic rings. The first-order chi connectivity index (χ1) is 9.53. The van der Waals surface area contributed by atoms with Gasteiger partial charge in [0.2, 0.25) is 0 Å². The van der Waals surface area contributed by atoms with Crippen LogP contribution in [-0.4, -0.2) is 41.8 Å². The molecular weight excluding hydrogens is 285 g/mol. The Kier molecular flexibility index (Phi) is 5.74. The Balaban J connectivity index is 1.63. The summed E-state index contributed by atoms with van der Waals surface area (Å²) in [7, 11) is 0. The zero-order chi connectivity index (χ0) is 14.4. The van der Waals surface area contributed by atoms with Gasteiger partial charge in [-0.3, -0.25) is 4.90 Å². The summed E-state index contributed by atoms with van der Waals surface area (Å²) in [6.07, 6.45) is 1.00. The lowest BCUT2D eigenvalue weighted by Gasteiger charge is -2.17. The predicted octanol–water partition coefficient (Wildman–Crippen LogP) is 3.10. The van der Waals surface area contributed by atoms with Crippen LogP contribution in [0.4, 0.5) is 13.2 Å². The molecule has 0 amide bonds. The van der Waals surface area contributed by atoms with Crippen molar-refractivity contribution < 1.29 is 13.2 Å². The molecule has 0 radical (unpaired) electrons. The summed E-state index contributed by atoms with van der Waals surface area (Å²) in [6.45, 7) is 3.23. The molecule has 0 aliphatic carbocycles. The van der Waals surface area contributed by atoms with Crippen molar-refractivity contribution in [3.8, 4) is 0 Å². The third-order valence-corrected chi connectivity index (χ3v) is 4.06. The van der Waals surface area contributed by atoms with Crippen molar-refractivity contribution in [1.82, 2.24) is 10.2 Å². The molecule has 1 saturated heterocycles. The number of likely N-dealkylation sites (tertiary alicyclic amines) is 1. The highest BCUT2D eigenvalue weighted by Crippen LogP contribution is 2.29. The van der Waals surface area contributed by atoms with E-state index in [0.29, 0.717) is 12.6 Å². The molecule has 1 N–H and O–H groups in total. The van der Waals surface area contributed by atoms with Crippen molar-refractivity contribution >= 4 is 11.8 Å². The zero-order valence-corrected chi connectivity index (χ0v) is 12.0. The SMILES string of the molecule is FC(F)(F)SCCNC1CCN(Cc2ccccc2)C1. The maximum absolute atomic E-state index is 12.0. The molecule has 6 heteroatoms. The Bertz CT molecular complexity index is 397. The number of rotatable bonds is 6. The van der Waals surface area contributed by atoms with Crippen LogP contribution in [0.1, 0.15) is 12.0 Å². The fraction of sp³-hybridized carbons (Fsp3) is 0.571. The summed E-state index contributed by atoms with van der Waals surface area (Å²) >= 11 is 0.0443. The van der Waals surface area contributed by atoms with Crippen LogP contribution in [0.3, 0.4) is 0 Å². The van der Waals surface area contributed by atoms with Crippen molar-refractivity contribution in [3.63, 3.8) is 0 Å². The van der Waals surface area contributed by atoms with Gasteiger partial charge in [-0.15, -0.1) is 0 Å². The van der Waals surface area contributed by atoms with Gasteiger partial charge in [0.05, 0.1) is 0 Å². The zero-order valence-electron chi connectivity index (χ0n) is 11.2. The maximum atomic E-state index is 12.0. The van der Waals surface area contributed by atoms with Crippen LogP contribution in [0.5, 0.6) is 0 Å². The van der Waals surface area contributed by atoms with E-state index < -0.39 is 5.51 Å². The maximum Gasteiger partial charge on any atom is 0.441 e. The number of nitrogens with zero attached hydrogens (tertiary/aromatic N) is 1. The molecule has 1 aliphatic heterocycles. The van der Waals surface area contributed by atoms with Gasteiger partial charge >= 0.3 is 5.51 Å². The molecule has 1 atom stereocenters. The van der Waals surface area contributed by atoms with Crippen LogP contribution < -0.4 is 5.32 Å². The standard InChI is InChI=1S/C14H19F3N2S/c15-14(16,17)20-9-7-18-13-6-8-19(11-13)10-12-4-2-1-3-5-12/h1-5,13,18H,6-11H2. The second-order valence-electron chi connectivity index (χ2n) is 4.95. The fourth-order valence-corrected chi connectivity index (χ4v) is 2.87. The number of benzene rings is 1. The lowest BCUT2D eigenvalue weighted by Crippen LogP contribution is -2.34. The summed E-state index contributed by atoms with van der Waals surface area (Å²) < 4.78 is 36.0. The average molecular weight is 304 g/mol. The van der Waals surface area contributed by atoms with Gasteiger partial charge in [-0.25, -0.2) is 0 Å². The summed E-state index contributed by atoms with van der Waals surface area (Å²) in [5, 5.41) is 3.21. The summed E-state index contributed by atoms with van der Waals surface area (Å²) in [5.41, 5.74) is -2.84. The van der Waals surface area contributed by atoms with Crippen LogP contribution in [0.15, 0.2) is 30.3 Å². The van der Waals surface area contributed by atoms with Gasteiger partial charge in [0, 0.05) is 38.0 Å². The number of thioether (sulfide) groups is 1. The second-order valence-corrected chi connectivity index (χ2v) is 6.11. The minimum atomic E-state index is -4.11. The topological polar surface area (TPSA) is 15.3 Å². The Hall–Kier alpha value is -0.720. The quantitative estimate of drug-likeness (QED) is 0.813. The van der Waals surface area contributed by atoms with Crippen LogP contribution in [0.2, 0.25) is 0 Å². The van der Waals surface area contributed by atoms with Gasteiger partial charge in [-0.05, 0) is 23.7 Å². The number of nitrogens with one attached hydrogen (secondary N) is 1. The minimum absolute atomic E-state index is 0.0443. The molecule has 0 spiro atoms. The van der Waals surface area contributed by atoms with Crippen LogP contribution in [-0.2, 0) is 6.54 Å². The molecule has 1 fully saturated rings. The third kappa shape index (κ3) is 5.73. The molecular formula is C14H19F3N2S. The normalized spacial score (nSPS) is 20.4. The third-order valence-electron chi connectivity index (χ3n) is 3.32. The number of hydrogen-bond donors (Lipinski definition) is 1. The predicted molar refractivity (Wildman–Crippen MR) is 76.6 cm³/mol. The van der Waals surface area contributed by atoms with Gasteiger partial charge < -0.3 is 5.32 Å². The van der Waals surface area contributed by atoms with Crippen molar-refractivity contribution in [1.29, 1.82) is 0 Å². The van der Waals surface area contributed by atoms with Crippen LogP contribution >= 0.6 is 11.8 Å². The van der Waals surface area contributed by atoms with E-state index in [-0.39, 0.29) is 17.5 Å². The molecule has 112 valence electrons. The van der Waals surface area contributed by atoms with Crippen LogP contribution in [0.25, 0.3) is 0 Å². The van der Waals surface area contributed by atoms with Crippen molar-refractivity contribution in [3.05, 3.63) is 35.9 Å². The number of alkyl halides is 3. The van der Waals surface area contributed by atoms with E-state index >= 15 is 0 Å². The molecule has 1 aromatic carbocycles. The second kappa shape index (κ2) is 7.33. The number of halogens is 3. The first-order valence-electron chi connectivity index (χ1n) is 6.73. The first kappa shape index (κ1) is 15.7. The van der Waals surface area contributed by atoms with E-state index in [1.807, 2.05) is 18.2 Å². The Labute approximate surface area is 121 Å². The van der Waals surface area contributed by atoms with Gasteiger partial charge in [0.25, 0.3) is 0 Å². The van der Waals surface area contributed by atoms with Crippen molar-refractivity contribution in [2.24, 2.45) is 0 Å². The highest BCUT2D eigenvalue weighted by Gasteiger charge is 2.28. The molecule has 0 aromatic heterocycles. The fourth-order valence-electron chi connectivity index (χ4n) is 2.41. The number of hydrogen-bond acceptors (Lipinski definition) is 3. The smallest absolute Gasteiger partial charge is 0.312 e. The molecule has 2 nitrogen and oxygen atoms in total. The van der Waals surface area contributed by atoms with Crippen molar-refractivity contribution in [2.45, 2.75) is 24.5 Å². The Morgan fingerprint density at radius 3 is 2.70 bits per heavy atom. The monoisotopic (exact) mass is 304 g/mol. The van der Waals surface area contributed by atoms with E-state index in [1.54, 1.807) is 0 Å². The van der Waals surface area contributed by atoms with Gasteiger partial charge in [-0.2, -0.15) is 13.2 Å². The first-order valence-corrected chi connectivity index (χ1v) is 7.72. The summed E-state index contributed by atoms with van der Waals surface area (Å²) in [5.74, 6) is 0.0820. The molecule has 1 heterocycles. The molecule has 2 rings (SSSR count). The van der Waals surface area contributed by atoms with E-state index in [0.717, 1.165) is 26.1 Å². The highest BCUT2D eigenvalue weighted by molar-refractivity contribution is 8.00. The lowest BCUT2D eigenvalue weighted by molar-refractivity contribution is -0.0327. The molecule has 1 unspecified atom stereocenters. The lowest BCUT2D eigenvalue weighted by atomic mass is 10.2. The highest BCUT2D eigenvalue weighted by atomic mass is 32.2. The molecule has 0 saturated carbocycles. The Morgan fingerprint density at radius 1 is 1.25 bits per heavy atom. The Morgan fingerprint density at radius 2 is 2.00 bits per heavy atom. The molecule has 0 bridgehead atoms. The summed E-state index contributed by atoms with van der Waals surface area (Å²) in [4.78, 5) is 2.34. The van der Waals surface area contributed by atoms with E-state index in [2.05, 4.69) is 22.3 Å². The van der Waals surface area contributed by atoms with Crippen molar-refractivity contribution in [2.75, 3.05) is 25.4 Å². The van der Waals surface area contributed by atoms with Gasteiger partial charge in [-0.1, -0.05) is 30.3 Å². The van der Waals surface area contributed by atoms with Gasteiger partial charge in [0.15, 0.2) is 0 Å². The summed E-state index contributed by atoms with van der Waals surface area (Å²) in [6, 6.07) is 10.6. The van der Waals surface area contributed by atoms with Crippen LogP contribution in [0, 0.1) is 0 Å². The molecule has 20 heavy (non-hydrogen) atoms. The minimum Gasteiger partial charge on any atom is -0.312 e.